The molecule has 0 aliphatic heterocycles. The maximum Gasteiger partial charge on any atom is 0.151 e. The summed E-state index contributed by atoms with van der Waals surface area (Å²) < 4.78 is 0. The first-order valence-electron chi connectivity index (χ1n) is 3.85. The van der Waals surface area contributed by atoms with Gasteiger partial charge in [-0.25, -0.2) is 0 Å². The lowest BCUT2D eigenvalue weighted by Gasteiger charge is -2.02. The van der Waals surface area contributed by atoms with E-state index in [0.29, 0.717) is 0 Å². The molecule has 2 N–H and O–H groups in total. The van der Waals surface area contributed by atoms with Crippen LogP contribution < -0.4 is 5.73 Å². The van der Waals surface area contributed by atoms with Gasteiger partial charge in [0.2, 0.25) is 0 Å². The average Bonchev–Trinajstić information content (AvgIpc) is 2.30. The number of hydrogen-bond donors (Lipinski definition) is 1. The standard InChI is InChI=1S/C9H13NOS/c1-5-4-8(12-7(5)3)9(10)6(2)11/h4,9H,10H2,1-3H3. The van der Waals surface area contributed by atoms with E-state index in [1.54, 1.807) is 11.3 Å². The molecular weight excluding hydrogens is 170 g/mol. The van der Waals surface area contributed by atoms with Crippen LogP contribution in [0.4, 0.5) is 0 Å². The molecule has 3 heteroatoms. The zero-order chi connectivity index (χ0) is 9.30. The van der Waals surface area contributed by atoms with Crippen molar-refractivity contribution in [2.45, 2.75) is 26.8 Å². The van der Waals surface area contributed by atoms with E-state index in [4.69, 9.17) is 5.73 Å². The highest BCUT2D eigenvalue weighted by Gasteiger charge is 2.13. The van der Waals surface area contributed by atoms with Crippen LogP contribution in [-0.4, -0.2) is 5.78 Å². The number of thiophene rings is 1. The molecule has 0 amide bonds. The van der Waals surface area contributed by atoms with Crippen LogP contribution in [0.1, 0.15) is 28.3 Å². The monoisotopic (exact) mass is 183 g/mol. The number of rotatable bonds is 2. The van der Waals surface area contributed by atoms with Gasteiger partial charge in [-0.15, -0.1) is 11.3 Å². The Labute approximate surface area is 76.4 Å². The summed E-state index contributed by atoms with van der Waals surface area (Å²) in [6, 6.07) is 1.56. The highest BCUT2D eigenvalue weighted by Crippen LogP contribution is 2.25. The molecule has 66 valence electrons. The van der Waals surface area contributed by atoms with Crippen LogP contribution in [-0.2, 0) is 4.79 Å². The molecule has 1 heterocycles. The topological polar surface area (TPSA) is 43.1 Å². The minimum atomic E-state index is -0.428. The van der Waals surface area contributed by atoms with Crippen molar-refractivity contribution in [2.24, 2.45) is 5.73 Å². The van der Waals surface area contributed by atoms with Gasteiger partial charge in [-0.3, -0.25) is 4.79 Å². The third-order valence-electron chi connectivity index (χ3n) is 1.93. The van der Waals surface area contributed by atoms with Gasteiger partial charge < -0.3 is 5.73 Å². The van der Waals surface area contributed by atoms with Crippen LogP contribution in [0.5, 0.6) is 0 Å². The van der Waals surface area contributed by atoms with Gasteiger partial charge in [0, 0.05) is 9.75 Å². The van der Waals surface area contributed by atoms with Crippen LogP contribution in [0.15, 0.2) is 6.07 Å². The molecule has 1 aromatic heterocycles. The molecule has 1 rings (SSSR count). The van der Waals surface area contributed by atoms with Gasteiger partial charge in [-0.2, -0.15) is 0 Å². The summed E-state index contributed by atoms with van der Waals surface area (Å²) in [6.07, 6.45) is 0. The number of carbonyl (C=O) groups is 1. The fraction of sp³-hybridized carbons (Fsp3) is 0.444. The zero-order valence-corrected chi connectivity index (χ0v) is 8.37. The van der Waals surface area contributed by atoms with Crippen molar-refractivity contribution < 1.29 is 4.79 Å². The Morgan fingerprint density at radius 2 is 2.17 bits per heavy atom. The van der Waals surface area contributed by atoms with Crippen LogP contribution in [0, 0.1) is 13.8 Å². The average molecular weight is 183 g/mol. The predicted molar refractivity (Wildman–Crippen MR) is 51.4 cm³/mol. The molecule has 0 spiro atoms. The smallest absolute Gasteiger partial charge is 0.151 e. The first-order chi connectivity index (χ1) is 5.52. The highest BCUT2D eigenvalue weighted by atomic mass is 32.1. The molecule has 0 aliphatic rings. The van der Waals surface area contributed by atoms with Gasteiger partial charge in [0.1, 0.15) is 0 Å². The maximum atomic E-state index is 10.9. The Morgan fingerprint density at radius 1 is 1.58 bits per heavy atom. The number of ketones is 1. The number of hydrogen-bond acceptors (Lipinski definition) is 3. The number of aryl methyl sites for hydroxylation is 2. The largest absolute Gasteiger partial charge is 0.317 e. The van der Waals surface area contributed by atoms with Gasteiger partial charge in [-0.05, 0) is 32.4 Å². The summed E-state index contributed by atoms with van der Waals surface area (Å²) in [4.78, 5) is 13.2. The number of carbonyl (C=O) groups excluding carboxylic acids is 1. The van der Waals surface area contributed by atoms with Crippen molar-refractivity contribution in [3.8, 4) is 0 Å². The summed E-state index contributed by atoms with van der Waals surface area (Å²) in [5.41, 5.74) is 6.90. The molecule has 1 atom stereocenters. The fourth-order valence-corrected chi connectivity index (χ4v) is 2.06. The van der Waals surface area contributed by atoms with E-state index in [0.717, 1.165) is 4.88 Å². The third-order valence-corrected chi connectivity index (χ3v) is 3.17. The van der Waals surface area contributed by atoms with E-state index in [1.165, 1.54) is 17.4 Å². The van der Waals surface area contributed by atoms with E-state index in [2.05, 4.69) is 0 Å². The Kier molecular flexibility index (Phi) is 2.65. The molecule has 0 aliphatic carbocycles. The summed E-state index contributed by atoms with van der Waals surface area (Å²) in [5, 5.41) is 0. The minimum Gasteiger partial charge on any atom is -0.317 e. The van der Waals surface area contributed by atoms with Gasteiger partial charge in [-0.1, -0.05) is 0 Å². The van der Waals surface area contributed by atoms with Gasteiger partial charge >= 0.3 is 0 Å². The molecule has 0 aromatic carbocycles. The summed E-state index contributed by atoms with van der Waals surface area (Å²) in [7, 11) is 0. The Balaban J connectivity index is 2.96. The minimum absolute atomic E-state index is 0.0243. The molecule has 0 radical (unpaired) electrons. The van der Waals surface area contributed by atoms with E-state index in [9.17, 15) is 4.79 Å². The second kappa shape index (κ2) is 3.37. The quantitative estimate of drug-likeness (QED) is 0.761. The van der Waals surface area contributed by atoms with Crippen molar-refractivity contribution in [1.82, 2.24) is 0 Å². The number of Topliss-reactive ketones (excluding diaryl/α,β-unsaturated/α-hetero) is 1. The van der Waals surface area contributed by atoms with Gasteiger partial charge in [0.25, 0.3) is 0 Å². The second-order valence-electron chi connectivity index (χ2n) is 2.98. The number of nitrogens with two attached hydrogens (primary N) is 1. The lowest BCUT2D eigenvalue weighted by molar-refractivity contribution is -0.118. The molecule has 2 nitrogen and oxygen atoms in total. The summed E-state index contributed by atoms with van der Waals surface area (Å²) in [6.45, 7) is 5.59. The normalized spacial score (nSPS) is 13.0. The lowest BCUT2D eigenvalue weighted by Crippen LogP contribution is -2.16. The van der Waals surface area contributed by atoms with Gasteiger partial charge in [0.15, 0.2) is 5.78 Å². The molecule has 1 unspecified atom stereocenters. The van der Waals surface area contributed by atoms with Gasteiger partial charge in [0.05, 0.1) is 6.04 Å². The summed E-state index contributed by atoms with van der Waals surface area (Å²) >= 11 is 1.60. The molecular formula is C9H13NOS. The zero-order valence-electron chi connectivity index (χ0n) is 7.55. The first-order valence-corrected chi connectivity index (χ1v) is 4.67. The SMILES string of the molecule is CC(=O)C(N)c1cc(C)c(C)s1. The predicted octanol–water partition coefficient (Wildman–Crippen LogP) is 1.95. The van der Waals surface area contributed by atoms with Crippen LogP contribution >= 0.6 is 11.3 Å². The first kappa shape index (κ1) is 9.42. The Hall–Kier alpha value is -0.670. The van der Waals surface area contributed by atoms with Crippen molar-refractivity contribution in [1.29, 1.82) is 0 Å². The van der Waals surface area contributed by atoms with E-state index >= 15 is 0 Å². The lowest BCUT2D eigenvalue weighted by atomic mass is 10.1. The van der Waals surface area contributed by atoms with Crippen molar-refractivity contribution in [3.05, 3.63) is 21.4 Å². The molecule has 0 fully saturated rings. The van der Waals surface area contributed by atoms with Crippen LogP contribution in [0.2, 0.25) is 0 Å². The maximum absolute atomic E-state index is 10.9. The fourth-order valence-electron chi connectivity index (χ4n) is 0.955. The molecule has 0 saturated heterocycles. The Bertz CT molecular complexity index is 284. The van der Waals surface area contributed by atoms with E-state index in [-0.39, 0.29) is 5.78 Å². The molecule has 1 aromatic rings. The van der Waals surface area contributed by atoms with Crippen molar-refractivity contribution >= 4 is 17.1 Å². The molecule has 12 heavy (non-hydrogen) atoms. The van der Waals surface area contributed by atoms with E-state index < -0.39 is 6.04 Å². The van der Waals surface area contributed by atoms with E-state index in [1.807, 2.05) is 19.9 Å². The third kappa shape index (κ3) is 1.73. The van der Waals surface area contributed by atoms with Crippen LogP contribution in [0.3, 0.4) is 0 Å². The van der Waals surface area contributed by atoms with Crippen molar-refractivity contribution in [3.63, 3.8) is 0 Å². The molecule has 0 saturated carbocycles. The second-order valence-corrected chi connectivity index (χ2v) is 4.26. The van der Waals surface area contributed by atoms with Crippen molar-refractivity contribution in [2.75, 3.05) is 0 Å². The Morgan fingerprint density at radius 3 is 2.50 bits per heavy atom. The molecule has 0 bridgehead atoms. The summed E-state index contributed by atoms with van der Waals surface area (Å²) in [5.74, 6) is 0.0243. The highest BCUT2D eigenvalue weighted by molar-refractivity contribution is 7.12. The van der Waals surface area contributed by atoms with Crippen LogP contribution in [0.25, 0.3) is 0 Å².